The fourth-order valence-electron chi connectivity index (χ4n) is 2.08. The zero-order valence-corrected chi connectivity index (χ0v) is 12.1. The third-order valence-corrected chi connectivity index (χ3v) is 3.32. The molecular formula is C15H25ClN2. The Morgan fingerprint density at radius 2 is 1.83 bits per heavy atom. The van der Waals surface area contributed by atoms with Gasteiger partial charge in [0.2, 0.25) is 0 Å². The Labute approximate surface area is 116 Å². The lowest BCUT2D eigenvalue weighted by molar-refractivity contribution is 0.316. The van der Waals surface area contributed by atoms with E-state index in [0.29, 0.717) is 0 Å². The zero-order chi connectivity index (χ0) is 13.2. The predicted molar refractivity (Wildman–Crippen MR) is 79.9 cm³/mol. The van der Waals surface area contributed by atoms with Crippen LogP contribution < -0.4 is 5.73 Å². The van der Waals surface area contributed by atoms with Crippen LogP contribution in [0.1, 0.15) is 37.7 Å². The van der Waals surface area contributed by atoms with Gasteiger partial charge in [-0.3, -0.25) is 0 Å². The minimum Gasteiger partial charge on any atom is -0.330 e. The zero-order valence-electron chi connectivity index (χ0n) is 11.4. The topological polar surface area (TPSA) is 29.3 Å². The number of halogens is 1. The Hall–Kier alpha value is -0.570. The third-order valence-electron chi connectivity index (χ3n) is 3.09. The van der Waals surface area contributed by atoms with Crippen LogP contribution in [0.5, 0.6) is 0 Å². The molecule has 0 saturated heterocycles. The van der Waals surface area contributed by atoms with Crippen LogP contribution in [0, 0.1) is 0 Å². The van der Waals surface area contributed by atoms with E-state index in [1.807, 2.05) is 18.2 Å². The van der Waals surface area contributed by atoms with Gasteiger partial charge in [-0.2, -0.15) is 0 Å². The smallest absolute Gasteiger partial charge is 0.0409 e. The van der Waals surface area contributed by atoms with E-state index in [1.165, 1.54) is 37.7 Å². The molecule has 102 valence electrons. The largest absolute Gasteiger partial charge is 0.330 e. The number of unbranched alkanes of at least 4 members (excludes halogenated alkanes) is 4. The Morgan fingerprint density at radius 3 is 2.56 bits per heavy atom. The fourth-order valence-corrected chi connectivity index (χ4v) is 2.30. The molecule has 18 heavy (non-hydrogen) atoms. The lowest BCUT2D eigenvalue weighted by Crippen LogP contribution is -2.19. The molecule has 0 heterocycles. The Bertz CT molecular complexity index is 328. The van der Waals surface area contributed by atoms with Crippen LogP contribution in [0.3, 0.4) is 0 Å². The Balaban J connectivity index is 2.12. The van der Waals surface area contributed by atoms with Crippen LogP contribution in [-0.4, -0.2) is 25.0 Å². The maximum atomic E-state index is 5.97. The number of hydrogen-bond donors (Lipinski definition) is 1. The van der Waals surface area contributed by atoms with Gasteiger partial charge in [-0.1, -0.05) is 43.0 Å². The Morgan fingerprint density at radius 1 is 1.11 bits per heavy atom. The normalized spacial score (nSPS) is 11.1. The maximum Gasteiger partial charge on any atom is 0.0409 e. The van der Waals surface area contributed by atoms with Gasteiger partial charge in [-0.25, -0.2) is 0 Å². The first-order valence-electron chi connectivity index (χ1n) is 6.85. The molecule has 1 aromatic carbocycles. The first kappa shape index (κ1) is 15.5. The summed E-state index contributed by atoms with van der Waals surface area (Å²) in [6.07, 6.45) is 6.32. The molecule has 0 saturated carbocycles. The van der Waals surface area contributed by atoms with Crippen molar-refractivity contribution >= 4 is 11.6 Å². The van der Waals surface area contributed by atoms with Crippen molar-refractivity contribution in [3.63, 3.8) is 0 Å². The molecule has 0 unspecified atom stereocenters. The summed E-state index contributed by atoms with van der Waals surface area (Å²) < 4.78 is 0. The lowest BCUT2D eigenvalue weighted by Gasteiger charge is -2.16. The summed E-state index contributed by atoms with van der Waals surface area (Å²) in [6, 6.07) is 8.10. The van der Waals surface area contributed by atoms with Crippen LogP contribution in [0.2, 0.25) is 5.02 Å². The second kappa shape index (κ2) is 9.37. The van der Waals surface area contributed by atoms with Crippen LogP contribution in [0.15, 0.2) is 24.3 Å². The first-order chi connectivity index (χ1) is 8.72. The molecule has 0 aliphatic carbocycles. The van der Waals surface area contributed by atoms with Gasteiger partial charge in [0, 0.05) is 11.6 Å². The number of hydrogen-bond acceptors (Lipinski definition) is 2. The van der Waals surface area contributed by atoms with E-state index in [0.717, 1.165) is 24.7 Å². The highest BCUT2D eigenvalue weighted by Crippen LogP contribution is 2.12. The second-order valence-corrected chi connectivity index (χ2v) is 5.36. The summed E-state index contributed by atoms with van der Waals surface area (Å²) in [6.45, 7) is 2.95. The van der Waals surface area contributed by atoms with E-state index >= 15 is 0 Å². The highest BCUT2D eigenvalue weighted by Gasteiger charge is 2.00. The van der Waals surface area contributed by atoms with Gasteiger partial charge in [0.25, 0.3) is 0 Å². The second-order valence-electron chi connectivity index (χ2n) is 4.92. The van der Waals surface area contributed by atoms with Crippen molar-refractivity contribution in [3.8, 4) is 0 Å². The van der Waals surface area contributed by atoms with Crippen molar-refractivity contribution in [3.05, 3.63) is 34.9 Å². The summed E-state index contributed by atoms with van der Waals surface area (Å²) in [4.78, 5) is 2.36. The summed E-state index contributed by atoms with van der Waals surface area (Å²) in [5, 5.41) is 0.822. The summed E-state index contributed by atoms with van der Waals surface area (Å²) in [5.74, 6) is 0. The van der Waals surface area contributed by atoms with Crippen molar-refractivity contribution in [2.45, 2.75) is 38.6 Å². The molecule has 2 N–H and O–H groups in total. The third kappa shape index (κ3) is 7.00. The number of nitrogens with two attached hydrogens (primary N) is 1. The van der Waals surface area contributed by atoms with Gasteiger partial charge < -0.3 is 10.6 Å². The van der Waals surface area contributed by atoms with Crippen molar-refractivity contribution in [2.24, 2.45) is 5.73 Å². The molecule has 0 aliphatic heterocycles. The van der Waals surface area contributed by atoms with E-state index in [1.54, 1.807) is 0 Å². The van der Waals surface area contributed by atoms with Crippen LogP contribution >= 0.6 is 11.6 Å². The van der Waals surface area contributed by atoms with Crippen LogP contribution in [-0.2, 0) is 6.54 Å². The van der Waals surface area contributed by atoms with E-state index < -0.39 is 0 Å². The molecule has 0 spiro atoms. The molecule has 3 heteroatoms. The molecule has 0 amide bonds. The molecule has 0 radical (unpaired) electrons. The molecule has 0 bridgehead atoms. The van der Waals surface area contributed by atoms with Gasteiger partial charge >= 0.3 is 0 Å². The molecule has 0 fully saturated rings. The van der Waals surface area contributed by atoms with E-state index in [9.17, 15) is 0 Å². The van der Waals surface area contributed by atoms with Crippen molar-refractivity contribution in [2.75, 3.05) is 20.1 Å². The van der Waals surface area contributed by atoms with Gasteiger partial charge in [0.15, 0.2) is 0 Å². The van der Waals surface area contributed by atoms with Crippen molar-refractivity contribution in [1.82, 2.24) is 4.90 Å². The standard InChI is InChI=1S/C15H25ClN2/c1-18(11-6-4-2-3-5-10-17)13-14-8-7-9-15(16)12-14/h7-9,12H,2-6,10-11,13,17H2,1H3. The summed E-state index contributed by atoms with van der Waals surface area (Å²) >= 11 is 5.97. The van der Waals surface area contributed by atoms with Gasteiger partial charge in [0.1, 0.15) is 0 Å². The maximum absolute atomic E-state index is 5.97. The Kier molecular flexibility index (Phi) is 8.06. The summed E-state index contributed by atoms with van der Waals surface area (Å²) in [7, 11) is 2.17. The van der Waals surface area contributed by atoms with Crippen molar-refractivity contribution in [1.29, 1.82) is 0 Å². The highest BCUT2D eigenvalue weighted by molar-refractivity contribution is 6.30. The average molecular weight is 269 g/mol. The fraction of sp³-hybridized carbons (Fsp3) is 0.600. The molecular weight excluding hydrogens is 244 g/mol. The van der Waals surface area contributed by atoms with Gasteiger partial charge in [0.05, 0.1) is 0 Å². The molecule has 1 aromatic rings. The van der Waals surface area contributed by atoms with Crippen LogP contribution in [0.4, 0.5) is 0 Å². The molecule has 0 aliphatic rings. The van der Waals surface area contributed by atoms with Crippen LogP contribution in [0.25, 0.3) is 0 Å². The first-order valence-corrected chi connectivity index (χ1v) is 7.23. The van der Waals surface area contributed by atoms with E-state index in [-0.39, 0.29) is 0 Å². The van der Waals surface area contributed by atoms with Gasteiger partial charge in [-0.15, -0.1) is 0 Å². The number of benzene rings is 1. The molecule has 1 rings (SSSR count). The van der Waals surface area contributed by atoms with E-state index in [2.05, 4.69) is 18.0 Å². The summed E-state index contributed by atoms with van der Waals surface area (Å²) in [5.41, 5.74) is 6.76. The molecule has 2 nitrogen and oxygen atoms in total. The highest BCUT2D eigenvalue weighted by atomic mass is 35.5. The monoisotopic (exact) mass is 268 g/mol. The molecule has 0 aromatic heterocycles. The molecule has 0 atom stereocenters. The number of rotatable bonds is 9. The minimum atomic E-state index is 0.822. The quantitative estimate of drug-likeness (QED) is 0.693. The average Bonchev–Trinajstić information content (AvgIpc) is 2.33. The minimum absolute atomic E-state index is 0.822. The van der Waals surface area contributed by atoms with E-state index in [4.69, 9.17) is 17.3 Å². The predicted octanol–water partition coefficient (Wildman–Crippen LogP) is 3.68. The lowest BCUT2D eigenvalue weighted by atomic mass is 10.1. The van der Waals surface area contributed by atoms with Gasteiger partial charge in [-0.05, 0) is 50.7 Å². The number of nitrogens with zero attached hydrogens (tertiary/aromatic N) is 1. The van der Waals surface area contributed by atoms with Crippen molar-refractivity contribution < 1.29 is 0 Å². The SMILES string of the molecule is CN(CCCCCCCN)Cc1cccc(Cl)c1.